The van der Waals surface area contributed by atoms with Crippen molar-refractivity contribution >= 4 is 22.9 Å². The molecule has 0 radical (unpaired) electrons. The van der Waals surface area contributed by atoms with Crippen molar-refractivity contribution in [3.63, 3.8) is 0 Å². The Hall–Kier alpha value is -1.94. The average molecular weight is 396 g/mol. The number of aromatic amines is 1. The van der Waals surface area contributed by atoms with Crippen LogP contribution in [0.3, 0.4) is 0 Å². The SMILES string of the molecule is O=c1[nH]c2ccc(SCCCCCC3CCC(c4ccccc4)CC3)cc2o1. The maximum absolute atomic E-state index is 11.2. The van der Waals surface area contributed by atoms with Crippen LogP contribution in [-0.4, -0.2) is 10.7 Å². The maximum Gasteiger partial charge on any atom is 0.417 e. The molecule has 0 saturated heterocycles. The Morgan fingerprint density at radius 1 is 0.964 bits per heavy atom. The maximum atomic E-state index is 11.2. The number of hydrogen-bond donors (Lipinski definition) is 1. The summed E-state index contributed by atoms with van der Waals surface area (Å²) in [7, 11) is 0. The minimum absolute atomic E-state index is 0.380. The van der Waals surface area contributed by atoms with Crippen molar-refractivity contribution in [1.29, 1.82) is 0 Å². The minimum Gasteiger partial charge on any atom is -0.408 e. The summed E-state index contributed by atoms with van der Waals surface area (Å²) in [6.45, 7) is 0. The van der Waals surface area contributed by atoms with Crippen LogP contribution in [0.15, 0.2) is 62.6 Å². The minimum atomic E-state index is -0.380. The standard InChI is InChI=1S/C24H29NO2S/c26-24-25-22-15-14-21(17-23(22)27-24)28-16-6-2-3-7-18-10-12-20(13-11-18)19-8-4-1-5-9-19/h1,4-5,8-9,14-15,17-18,20H,2-3,6-7,10-13,16H2,(H,25,26). The Morgan fingerprint density at radius 2 is 1.79 bits per heavy atom. The second-order valence-electron chi connectivity index (χ2n) is 8.00. The van der Waals surface area contributed by atoms with Crippen molar-refractivity contribution in [2.24, 2.45) is 5.92 Å². The summed E-state index contributed by atoms with van der Waals surface area (Å²) >= 11 is 1.85. The summed E-state index contributed by atoms with van der Waals surface area (Å²) in [5, 5.41) is 0. The van der Waals surface area contributed by atoms with E-state index in [4.69, 9.17) is 4.42 Å². The molecule has 4 rings (SSSR count). The molecule has 28 heavy (non-hydrogen) atoms. The third-order valence-corrected chi connectivity index (χ3v) is 7.12. The lowest BCUT2D eigenvalue weighted by atomic mass is 9.77. The van der Waals surface area contributed by atoms with Gasteiger partial charge >= 0.3 is 5.76 Å². The summed E-state index contributed by atoms with van der Waals surface area (Å²) in [5.74, 6) is 2.47. The predicted octanol–water partition coefficient (Wildman–Crippen LogP) is 6.75. The Kier molecular flexibility index (Phi) is 6.58. The van der Waals surface area contributed by atoms with Crippen LogP contribution in [0.4, 0.5) is 0 Å². The molecule has 1 N–H and O–H groups in total. The van der Waals surface area contributed by atoms with Crippen molar-refractivity contribution in [3.8, 4) is 0 Å². The van der Waals surface area contributed by atoms with E-state index in [1.165, 1.54) is 61.8 Å². The van der Waals surface area contributed by atoms with Crippen LogP contribution in [0.1, 0.15) is 62.8 Å². The molecule has 2 aromatic carbocycles. The van der Waals surface area contributed by atoms with Gasteiger partial charge in [-0.25, -0.2) is 4.79 Å². The first kappa shape index (κ1) is 19.4. The van der Waals surface area contributed by atoms with Crippen molar-refractivity contribution in [2.45, 2.75) is 62.2 Å². The number of H-pyrrole nitrogens is 1. The number of aromatic nitrogens is 1. The zero-order valence-electron chi connectivity index (χ0n) is 16.4. The van der Waals surface area contributed by atoms with Gasteiger partial charge in [0, 0.05) is 4.90 Å². The van der Waals surface area contributed by atoms with Crippen molar-refractivity contribution in [3.05, 3.63) is 64.6 Å². The molecule has 1 fully saturated rings. The van der Waals surface area contributed by atoms with Crippen LogP contribution in [-0.2, 0) is 0 Å². The highest BCUT2D eigenvalue weighted by molar-refractivity contribution is 7.99. The van der Waals surface area contributed by atoms with Gasteiger partial charge in [0.2, 0.25) is 0 Å². The van der Waals surface area contributed by atoms with E-state index < -0.39 is 0 Å². The summed E-state index contributed by atoms with van der Waals surface area (Å²) < 4.78 is 5.13. The lowest BCUT2D eigenvalue weighted by molar-refractivity contribution is 0.303. The number of unbranched alkanes of at least 4 members (excludes halogenated alkanes) is 2. The van der Waals surface area contributed by atoms with E-state index in [2.05, 4.69) is 41.4 Å². The van der Waals surface area contributed by atoms with Gasteiger partial charge in [0.1, 0.15) is 0 Å². The fourth-order valence-corrected chi connectivity index (χ4v) is 5.37. The summed E-state index contributed by atoms with van der Waals surface area (Å²) in [4.78, 5) is 15.1. The quantitative estimate of drug-likeness (QED) is 0.339. The van der Waals surface area contributed by atoms with Crippen LogP contribution in [0.2, 0.25) is 0 Å². The number of thioether (sulfide) groups is 1. The molecule has 0 spiro atoms. The molecule has 3 aromatic rings. The number of benzene rings is 2. The largest absolute Gasteiger partial charge is 0.417 e. The summed E-state index contributed by atoms with van der Waals surface area (Å²) in [6, 6.07) is 17.0. The molecule has 1 saturated carbocycles. The normalized spacial score (nSPS) is 19.9. The van der Waals surface area contributed by atoms with Crippen LogP contribution in [0, 0.1) is 5.92 Å². The Labute approximate surface area is 170 Å². The molecule has 1 aromatic heterocycles. The topological polar surface area (TPSA) is 46.0 Å². The van der Waals surface area contributed by atoms with Gasteiger partial charge in [0.25, 0.3) is 0 Å². The Morgan fingerprint density at radius 3 is 2.61 bits per heavy atom. The van der Waals surface area contributed by atoms with Crippen LogP contribution in [0.5, 0.6) is 0 Å². The number of rotatable bonds is 8. The van der Waals surface area contributed by atoms with E-state index >= 15 is 0 Å². The highest BCUT2D eigenvalue weighted by Crippen LogP contribution is 2.37. The third kappa shape index (κ3) is 5.11. The van der Waals surface area contributed by atoms with Crippen LogP contribution >= 0.6 is 11.8 Å². The van der Waals surface area contributed by atoms with Gasteiger partial charge < -0.3 is 4.42 Å². The Bertz CT molecular complexity index is 922. The van der Waals surface area contributed by atoms with Crippen molar-refractivity contribution in [1.82, 2.24) is 4.98 Å². The summed E-state index contributed by atoms with van der Waals surface area (Å²) in [5.41, 5.74) is 2.97. The highest BCUT2D eigenvalue weighted by atomic mass is 32.2. The van der Waals surface area contributed by atoms with E-state index in [-0.39, 0.29) is 5.76 Å². The first-order valence-corrected chi connectivity index (χ1v) is 11.6. The number of hydrogen-bond acceptors (Lipinski definition) is 3. The zero-order valence-corrected chi connectivity index (χ0v) is 17.2. The molecule has 1 heterocycles. The fraction of sp³-hybridized carbons (Fsp3) is 0.458. The van der Waals surface area contributed by atoms with Gasteiger partial charge in [-0.1, -0.05) is 49.6 Å². The zero-order chi connectivity index (χ0) is 19.2. The molecule has 3 nitrogen and oxygen atoms in total. The molecular formula is C24H29NO2S. The van der Waals surface area contributed by atoms with Crippen LogP contribution in [0.25, 0.3) is 11.1 Å². The van der Waals surface area contributed by atoms with Crippen LogP contribution < -0.4 is 5.76 Å². The van der Waals surface area contributed by atoms with Gasteiger partial charge in [-0.05, 0) is 73.5 Å². The second kappa shape index (κ2) is 9.51. The summed E-state index contributed by atoms with van der Waals surface area (Å²) in [6.07, 6.45) is 10.8. The molecule has 0 unspecified atom stereocenters. The van der Waals surface area contributed by atoms with E-state index in [1.807, 2.05) is 23.9 Å². The fourth-order valence-electron chi connectivity index (χ4n) is 4.43. The number of fused-ring (bicyclic) bond motifs is 1. The lowest BCUT2D eigenvalue weighted by Gasteiger charge is -2.28. The van der Waals surface area contributed by atoms with Gasteiger partial charge in [-0.2, -0.15) is 0 Å². The smallest absolute Gasteiger partial charge is 0.408 e. The molecule has 148 valence electrons. The number of nitrogens with one attached hydrogen (secondary N) is 1. The van der Waals surface area contributed by atoms with Gasteiger partial charge in [-0.3, -0.25) is 4.98 Å². The molecule has 1 aliphatic rings. The average Bonchev–Trinajstić information content (AvgIpc) is 3.11. The van der Waals surface area contributed by atoms with Gasteiger partial charge in [0.05, 0.1) is 5.52 Å². The first-order valence-electron chi connectivity index (χ1n) is 10.6. The molecule has 0 aliphatic heterocycles. The van der Waals surface area contributed by atoms with E-state index in [9.17, 15) is 4.79 Å². The highest BCUT2D eigenvalue weighted by Gasteiger charge is 2.21. The molecule has 0 amide bonds. The monoisotopic (exact) mass is 395 g/mol. The van der Waals surface area contributed by atoms with Gasteiger partial charge in [0.15, 0.2) is 5.58 Å². The Balaban J connectivity index is 1.10. The third-order valence-electron chi connectivity index (χ3n) is 6.04. The molecule has 0 bridgehead atoms. The second-order valence-corrected chi connectivity index (χ2v) is 9.17. The van der Waals surface area contributed by atoms with Gasteiger partial charge in [-0.15, -0.1) is 11.8 Å². The molecule has 4 heteroatoms. The van der Waals surface area contributed by atoms with Crippen molar-refractivity contribution in [2.75, 3.05) is 5.75 Å². The molecule has 0 atom stereocenters. The van der Waals surface area contributed by atoms with E-state index in [1.54, 1.807) is 0 Å². The van der Waals surface area contributed by atoms with Crippen molar-refractivity contribution < 1.29 is 4.42 Å². The lowest BCUT2D eigenvalue weighted by Crippen LogP contribution is -2.13. The molecular weight excluding hydrogens is 366 g/mol. The predicted molar refractivity (Wildman–Crippen MR) is 117 cm³/mol. The van der Waals surface area contributed by atoms with E-state index in [0.717, 1.165) is 23.1 Å². The molecule has 1 aliphatic carbocycles. The number of oxazole rings is 1. The first-order chi connectivity index (χ1) is 13.8. The van der Waals surface area contributed by atoms with E-state index in [0.29, 0.717) is 5.58 Å².